The van der Waals surface area contributed by atoms with E-state index in [9.17, 15) is 8.42 Å². The normalized spacial score (nSPS) is 11.3. The molecule has 0 saturated carbocycles. The van der Waals surface area contributed by atoms with Gasteiger partial charge in [-0.3, -0.25) is 15.0 Å². The lowest BCUT2D eigenvalue weighted by molar-refractivity contribution is 0.602. The SMILES string of the molecule is CS(=O)(=O)c1cccnc1-c1cccnc1-c1ccccn1. The Balaban J connectivity index is 2.28. The molecule has 0 radical (unpaired) electrons. The molecule has 3 rings (SSSR count). The maximum absolute atomic E-state index is 12.0. The first-order chi connectivity index (χ1) is 10.6. The lowest BCUT2D eigenvalue weighted by atomic mass is 10.1. The van der Waals surface area contributed by atoms with Crippen molar-refractivity contribution in [2.75, 3.05) is 6.26 Å². The van der Waals surface area contributed by atoms with Crippen LogP contribution in [0.5, 0.6) is 0 Å². The number of rotatable bonds is 3. The number of hydrogen-bond donors (Lipinski definition) is 0. The number of nitrogens with zero attached hydrogens (tertiary/aromatic N) is 3. The first-order valence-electron chi connectivity index (χ1n) is 6.59. The van der Waals surface area contributed by atoms with Gasteiger partial charge in [0.05, 0.1) is 22.0 Å². The third kappa shape index (κ3) is 2.73. The first kappa shape index (κ1) is 14.3. The topological polar surface area (TPSA) is 72.8 Å². The molecule has 6 heteroatoms. The predicted octanol–water partition coefficient (Wildman–Crippen LogP) is 2.61. The largest absolute Gasteiger partial charge is 0.255 e. The third-order valence-electron chi connectivity index (χ3n) is 3.14. The molecule has 0 spiro atoms. The molecule has 0 aliphatic rings. The molecule has 0 atom stereocenters. The Morgan fingerprint density at radius 1 is 0.773 bits per heavy atom. The fourth-order valence-corrected chi connectivity index (χ4v) is 3.04. The van der Waals surface area contributed by atoms with E-state index in [0.29, 0.717) is 22.6 Å². The highest BCUT2D eigenvalue weighted by Crippen LogP contribution is 2.31. The van der Waals surface area contributed by atoms with Crippen molar-refractivity contribution in [3.05, 3.63) is 61.1 Å². The van der Waals surface area contributed by atoms with Gasteiger partial charge in [-0.25, -0.2) is 8.42 Å². The average molecular weight is 311 g/mol. The summed E-state index contributed by atoms with van der Waals surface area (Å²) < 4.78 is 24.0. The minimum absolute atomic E-state index is 0.181. The van der Waals surface area contributed by atoms with Crippen LogP contribution in [0.2, 0.25) is 0 Å². The summed E-state index contributed by atoms with van der Waals surface area (Å²) >= 11 is 0. The van der Waals surface area contributed by atoms with E-state index in [2.05, 4.69) is 15.0 Å². The molecule has 0 aliphatic heterocycles. The summed E-state index contributed by atoms with van der Waals surface area (Å²) in [6.45, 7) is 0. The van der Waals surface area contributed by atoms with Crippen LogP contribution in [-0.2, 0) is 9.84 Å². The molecular weight excluding hydrogens is 298 g/mol. The highest BCUT2D eigenvalue weighted by Gasteiger charge is 2.19. The summed E-state index contributed by atoms with van der Waals surface area (Å²) in [5, 5.41) is 0. The Labute approximate surface area is 128 Å². The molecule has 110 valence electrons. The minimum atomic E-state index is -3.39. The fourth-order valence-electron chi connectivity index (χ4n) is 2.20. The van der Waals surface area contributed by atoms with Gasteiger partial charge in [0.1, 0.15) is 0 Å². The van der Waals surface area contributed by atoms with Gasteiger partial charge in [-0.05, 0) is 36.4 Å². The smallest absolute Gasteiger partial charge is 0.177 e. The molecule has 0 N–H and O–H groups in total. The van der Waals surface area contributed by atoms with Gasteiger partial charge in [0.2, 0.25) is 0 Å². The van der Waals surface area contributed by atoms with E-state index in [1.807, 2.05) is 18.2 Å². The molecule has 0 amide bonds. The Kier molecular flexibility index (Phi) is 3.68. The van der Waals surface area contributed by atoms with Crippen molar-refractivity contribution in [2.45, 2.75) is 4.90 Å². The Morgan fingerprint density at radius 2 is 1.45 bits per heavy atom. The molecule has 3 heterocycles. The van der Waals surface area contributed by atoms with E-state index in [0.717, 1.165) is 0 Å². The van der Waals surface area contributed by atoms with Crippen molar-refractivity contribution in [3.63, 3.8) is 0 Å². The molecule has 0 aromatic carbocycles. The van der Waals surface area contributed by atoms with Crippen LogP contribution in [0.3, 0.4) is 0 Å². The molecule has 3 aromatic heterocycles. The van der Waals surface area contributed by atoms with Gasteiger partial charge in [-0.15, -0.1) is 0 Å². The van der Waals surface area contributed by atoms with Gasteiger partial charge in [-0.1, -0.05) is 6.07 Å². The number of pyridine rings is 3. The van der Waals surface area contributed by atoms with E-state index < -0.39 is 9.84 Å². The van der Waals surface area contributed by atoms with Crippen LogP contribution in [0.1, 0.15) is 0 Å². The van der Waals surface area contributed by atoms with Crippen molar-refractivity contribution < 1.29 is 8.42 Å². The van der Waals surface area contributed by atoms with Crippen LogP contribution >= 0.6 is 0 Å². The Bertz CT molecular complexity index is 909. The monoisotopic (exact) mass is 311 g/mol. The van der Waals surface area contributed by atoms with Crippen LogP contribution < -0.4 is 0 Å². The second kappa shape index (κ2) is 5.65. The van der Waals surface area contributed by atoms with Gasteiger partial charge in [0.15, 0.2) is 9.84 Å². The van der Waals surface area contributed by atoms with Crippen molar-refractivity contribution in [3.8, 4) is 22.6 Å². The van der Waals surface area contributed by atoms with E-state index in [1.54, 1.807) is 42.9 Å². The standard InChI is InChI=1S/C16H13N3O2S/c1-22(20,21)14-8-5-11-19-16(14)12-6-4-10-18-15(12)13-7-2-3-9-17-13/h2-11H,1H3. The fraction of sp³-hybridized carbons (Fsp3) is 0.0625. The lowest BCUT2D eigenvalue weighted by Gasteiger charge is -2.10. The van der Waals surface area contributed by atoms with E-state index in [1.165, 1.54) is 6.26 Å². The van der Waals surface area contributed by atoms with Crippen molar-refractivity contribution >= 4 is 9.84 Å². The molecular formula is C16H13N3O2S. The van der Waals surface area contributed by atoms with Gasteiger partial charge in [0.25, 0.3) is 0 Å². The summed E-state index contributed by atoms with van der Waals surface area (Å²) in [6, 6.07) is 12.2. The number of hydrogen-bond acceptors (Lipinski definition) is 5. The molecule has 22 heavy (non-hydrogen) atoms. The zero-order chi connectivity index (χ0) is 15.6. The molecule has 0 saturated heterocycles. The maximum atomic E-state index is 12.0. The molecule has 5 nitrogen and oxygen atoms in total. The Hall–Kier alpha value is -2.60. The van der Waals surface area contributed by atoms with Crippen molar-refractivity contribution in [1.82, 2.24) is 15.0 Å². The second-order valence-corrected chi connectivity index (χ2v) is 6.72. The predicted molar refractivity (Wildman–Crippen MR) is 83.8 cm³/mol. The molecule has 0 bridgehead atoms. The summed E-state index contributed by atoms with van der Waals surface area (Å²) in [5.41, 5.74) is 2.30. The zero-order valence-corrected chi connectivity index (χ0v) is 12.7. The number of aromatic nitrogens is 3. The van der Waals surface area contributed by atoms with Gasteiger partial charge >= 0.3 is 0 Å². The summed E-state index contributed by atoms with van der Waals surface area (Å²) in [7, 11) is -3.39. The molecule has 3 aromatic rings. The average Bonchev–Trinajstić information content (AvgIpc) is 2.55. The minimum Gasteiger partial charge on any atom is -0.255 e. The van der Waals surface area contributed by atoms with Gasteiger partial charge in [0, 0.05) is 30.4 Å². The van der Waals surface area contributed by atoms with Crippen LogP contribution in [0.4, 0.5) is 0 Å². The summed E-state index contributed by atoms with van der Waals surface area (Å²) in [4.78, 5) is 13.1. The van der Waals surface area contributed by atoms with Crippen molar-refractivity contribution in [1.29, 1.82) is 0 Å². The van der Waals surface area contributed by atoms with Crippen LogP contribution in [0.25, 0.3) is 22.6 Å². The van der Waals surface area contributed by atoms with Crippen LogP contribution in [0, 0.1) is 0 Å². The van der Waals surface area contributed by atoms with Crippen molar-refractivity contribution in [2.24, 2.45) is 0 Å². The van der Waals surface area contributed by atoms with E-state index in [-0.39, 0.29) is 4.90 Å². The maximum Gasteiger partial charge on any atom is 0.177 e. The summed E-state index contributed by atoms with van der Waals surface area (Å²) in [5.74, 6) is 0. The quantitative estimate of drug-likeness (QED) is 0.743. The number of sulfone groups is 1. The highest BCUT2D eigenvalue weighted by molar-refractivity contribution is 7.90. The summed E-state index contributed by atoms with van der Waals surface area (Å²) in [6.07, 6.45) is 6.06. The third-order valence-corrected chi connectivity index (χ3v) is 4.27. The van der Waals surface area contributed by atoms with Crippen LogP contribution in [-0.4, -0.2) is 29.6 Å². The van der Waals surface area contributed by atoms with Crippen LogP contribution in [0.15, 0.2) is 66.0 Å². The molecule has 0 fully saturated rings. The lowest BCUT2D eigenvalue weighted by Crippen LogP contribution is -2.03. The zero-order valence-electron chi connectivity index (χ0n) is 11.8. The molecule has 0 aliphatic carbocycles. The first-order valence-corrected chi connectivity index (χ1v) is 8.48. The van der Waals surface area contributed by atoms with Gasteiger partial charge in [-0.2, -0.15) is 0 Å². The second-order valence-electron chi connectivity index (χ2n) is 4.74. The van der Waals surface area contributed by atoms with E-state index in [4.69, 9.17) is 0 Å². The Morgan fingerprint density at radius 3 is 2.14 bits per heavy atom. The molecule has 0 unspecified atom stereocenters. The van der Waals surface area contributed by atoms with Gasteiger partial charge < -0.3 is 0 Å². The van der Waals surface area contributed by atoms with E-state index >= 15 is 0 Å². The highest BCUT2D eigenvalue weighted by atomic mass is 32.2.